The Bertz CT molecular complexity index is 371. The molecule has 4 heteroatoms. The summed E-state index contributed by atoms with van der Waals surface area (Å²) in [6.07, 6.45) is 1.79. The summed E-state index contributed by atoms with van der Waals surface area (Å²) < 4.78 is 0. The minimum absolute atomic E-state index is 0.466. The van der Waals surface area contributed by atoms with Crippen molar-refractivity contribution in [1.82, 2.24) is 4.98 Å². The number of rotatable bonds is 2. The van der Waals surface area contributed by atoms with E-state index < -0.39 is 0 Å². The van der Waals surface area contributed by atoms with Crippen LogP contribution in [0.5, 0.6) is 0 Å². The van der Waals surface area contributed by atoms with Gasteiger partial charge in [0.25, 0.3) is 0 Å². The molecule has 2 N–H and O–H groups in total. The lowest BCUT2D eigenvalue weighted by molar-refractivity contribution is 0.494. The molecule has 16 heavy (non-hydrogen) atoms. The molecule has 3 nitrogen and oxygen atoms in total. The lowest BCUT2D eigenvalue weighted by Gasteiger charge is -2.19. The summed E-state index contributed by atoms with van der Waals surface area (Å²) >= 11 is 6.30. The zero-order chi connectivity index (χ0) is 11.7. The molecule has 0 radical (unpaired) electrons. The zero-order valence-electron chi connectivity index (χ0n) is 9.78. The third-order valence-corrected chi connectivity index (χ3v) is 3.87. The quantitative estimate of drug-likeness (QED) is 0.861. The highest BCUT2D eigenvalue weighted by Gasteiger charge is 2.28. The molecule has 0 aromatic carbocycles. The molecule has 1 aromatic rings. The van der Waals surface area contributed by atoms with Gasteiger partial charge in [-0.15, -0.1) is 0 Å². The van der Waals surface area contributed by atoms with Gasteiger partial charge in [-0.1, -0.05) is 25.4 Å². The summed E-state index contributed by atoms with van der Waals surface area (Å²) in [6.45, 7) is 7.06. The maximum absolute atomic E-state index is 6.30. The molecule has 0 spiro atoms. The molecule has 0 amide bonds. The number of nitrogens with two attached hydrogens (primary N) is 1. The van der Waals surface area contributed by atoms with E-state index >= 15 is 0 Å². The fourth-order valence-corrected chi connectivity index (χ4v) is 2.46. The van der Waals surface area contributed by atoms with Crippen LogP contribution in [0.4, 0.5) is 5.82 Å². The standard InChI is InChI=1S/C12H18ClN3/c1-8-6-16(7-9(8)2)12-11(13)10(5-14)3-4-15-12/h3-4,8-9H,5-7,14H2,1-2H3. The van der Waals surface area contributed by atoms with Gasteiger partial charge in [0, 0.05) is 25.8 Å². The summed E-state index contributed by atoms with van der Waals surface area (Å²) in [5.74, 6) is 2.28. The Morgan fingerprint density at radius 3 is 2.62 bits per heavy atom. The molecule has 0 saturated carbocycles. The topological polar surface area (TPSA) is 42.2 Å². The normalized spacial score (nSPS) is 25.1. The van der Waals surface area contributed by atoms with Gasteiger partial charge in [-0.05, 0) is 23.5 Å². The molecule has 2 unspecified atom stereocenters. The minimum atomic E-state index is 0.466. The van der Waals surface area contributed by atoms with Crippen LogP contribution in [0.15, 0.2) is 12.3 Å². The number of hydrogen-bond donors (Lipinski definition) is 1. The Morgan fingerprint density at radius 1 is 1.44 bits per heavy atom. The first kappa shape index (κ1) is 11.7. The van der Waals surface area contributed by atoms with Gasteiger partial charge in [0.1, 0.15) is 5.82 Å². The summed E-state index contributed by atoms with van der Waals surface area (Å²) in [6, 6.07) is 1.88. The van der Waals surface area contributed by atoms with E-state index in [0.717, 1.165) is 24.5 Å². The molecule has 2 rings (SSSR count). The number of anilines is 1. The van der Waals surface area contributed by atoms with Crippen LogP contribution >= 0.6 is 11.6 Å². The zero-order valence-corrected chi connectivity index (χ0v) is 10.5. The second kappa shape index (κ2) is 4.60. The largest absolute Gasteiger partial charge is 0.355 e. The second-order valence-electron chi connectivity index (χ2n) is 4.67. The summed E-state index contributed by atoms with van der Waals surface area (Å²) in [5.41, 5.74) is 6.61. The molecule has 1 saturated heterocycles. The van der Waals surface area contributed by atoms with E-state index in [9.17, 15) is 0 Å². The minimum Gasteiger partial charge on any atom is -0.355 e. The Kier molecular flexibility index (Phi) is 3.36. The predicted octanol–water partition coefficient (Wildman–Crippen LogP) is 2.29. The average molecular weight is 240 g/mol. The van der Waals surface area contributed by atoms with E-state index in [1.165, 1.54) is 0 Å². The van der Waals surface area contributed by atoms with Gasteiger partial charge < -0.3 is 10.6 Å². The van der Waals surface area contributed by atoms with Crippen molar-refractivity contribution in [2.45, 2.75) is 20.4 Å². The van der Waals surface area contributed by atoms with E-state index in [4.69, 9.17) is 17.3 Å². The van der Waals surface area contributed by atoms with Crippen LogP contribution in [0.2, 0.25) is 5.02 Å². The molecule has 1 aromatic heterocycles. The fourth-order valence-electron chi connectivity index (χ4n) is 2.15. The van der Waals surface area contributed by atoms with Crippen LogP contribution in [0.1, 0.15) is 19.4 Å². The monoisotopic (exact) mass is 239 g/mol. The van der Waals surface area contributed by atoms with Crippen molar-refractivity contribution in [3.05, 3.63) is 22.8 Å². The van der Waals surface area contributed by atoms with Crippen molar-refractivity contribution in [3.63, 3.8) is 0 Å². The van der Waals surface area contributed by atoms with Crippen molar-refractivity contribution < 1.29 is 0 Å². The lowest BCUT2D eigenvalue weighted by atomic mass is 10.0. The van der Waals surface area contributed by atoms with Crippen molar-refractivity contribution in [2.75, 3.05) is 18.0 Å². The molecule has 0 bridgehead atoms. The van der Waals surface area contributed by atoms with Gasteiger partial charge in [0.05, 0.1) is 5.02 Å². The molecule has 1 aliphatic heterocycles. The maximum atomic E-state index is 6.30. The molecule has 1 fully saturated rings. The van der Waals surface area contributed by atoms with Gasteiger partial charge in [-0.2, -0.15) is 0 Å². The number of pyridine rings is 1. The van der Waals surface area contributed by atoms with Gasteiger partial charge >= 0.3 is 0 Å². The van der Waals surface area contributed by atoms with Crippen LogP contribution in [0.3, 0.4) is 0 Å². The highest BCUT2D eigenvalue weighted by atomic mass is 35.5. The molecule has 2 atom stereocenters. The van der Waals surface area contributed by atoms with E-state index in [2.05, 4.69) is 23.7 Å². The van der Waals surface area contributed by atoms with Crippen LogP contribution in [-0.2, 0) is 6.54 Å². The Morgan fingerprint density at radius 2 is 2.06 bits per heavy atom. The molecular formula is C12H18ClN3. The third-order valence-electron chi connectivity index (χ3n) is 3.46. The number of hydrogen-bond acceptors (Lipinski definition) is 3. The Hall–Kier alpha value is -0.800. The average Bonchev–Trinajstić information content (AvgIpc) is 2.59. The van der Waals surface area contributed by atoms with Crippen LogP contribution in [-0.4, -0.2) is 18.1 Å². The van der Waals surface area contributed by atoms with Gasteiger partial charge in [0.15, 0.2) is 0 Å². The maximum Gasteiger partial charge on any atom is 0.147 e. The predicted molar refractivity (Wildman–Crippen MR) is 67.7 cm³/mol. The van der Waals surface area contributed by atoms with Crippen molar-refractivity contribution in [1.29, 1.82) is 0 Å². The lowest BCUT2D eigenvalue weighted by Crippen LogP contribution is -2.21. The molecule has 1 aliphatic rings. The number of halogens is 1. The van der Waals surface area contributed by atoms with Gasteiger partial charge in [0.2, 0.25) is 0 Å². The summed E-state index contributed by atoms with van der Waals surface area (Å²) in [5, 5.41) is 0.714. The highest BCUT2D eigenvalue weighted by Crippen LogP contribution is 2.32. The SMILES string of the molecule is CC1CN(c2nccc(CN)c2Cl)CC1C. The van der Waals surface area contributed by atoms with Gasteiger partial charge in [-0.3, -0.25) is 0 Å². The van der Waals surface area contributed by atoms with E-state index in [0.29, 0.717) is 23.4 Å². The molecule has 0 aliphatic carbocycles. The van der Waals surface area contributed by atoms with Gasteiger partial charge in [-0.25, -0.2) is 4.98 Å². The Labute approximate surface area is 102 Å². The first-order chi connectivity index (χ1) is 7.63. The summed E-state index contributed by atoms with van der Waals surface area (Å²) in [7, 11) is 0. The molecule has 2 heterocycles. The smallest absolute Gasteiger partial charge is 0.147 e. The fraction of sp³-hybridized carbons (Fsp3) is 0.583. The van der Waals surface area contributed by atoms with E-state index in [-0.39, 0.29) is 0 Å². The van der Waals surface area contributed by atoms with Crippen LogP contribution in [0, 0.1) is 11.8 Å². The van der Waals surface area contributed by atoms with E-state index in [1.807, 2.05) is 6.07 Å². The molecular weight excluding hydrogens is 222 g/mol. The number of nitrogens with zero attached hydrogens (tertiary/aromatic N) is 2. The summed E-state index contributed by atoms with van der Waals surface area (Å²) in [4.78, 5) is 6.64. The van der Waals surface area contributed by atoms with Crippen LogP contribution < -0.4 is 10.6 Å². The first-order valence-electron chi connectivity index (χ1n) is 5.72. The third kappa shape index (κ3) is 2.02. The highest BCUT2D eigenvalue weighted by molar-refractivity contribution is 6.33. The van der Waals surface area contributed by atoms with Crippen molar-refractivity contribution in [2.24, 2.45) is 17.6 Å². The second-order valence-corrected chi connectivity index (χ2v) is 5.05. The first-order valence-corrected chi connectivity index (χ1v) is 6.09. The Balaban J connectivity index is 2.28. The van der Waals surface area contributed by atoms with E-state index in [1.54, 1.807) is 6.20 Å². The molecule has 88 valence electrons. The van der Waals surface area contributed by atoms with Crippen molar-refractivity contribution >= 4 is 17.4 Å². The number of aromatic nitrogens is 1. The van der Waals surface area contributed by atoms with Crippen LogP contribution in [0.25, 0.3) is 0 Å². The van der Waals surface area contributed by atoms with Crippen molar-refractivity contribution in [3.8, 4) is 0 Å².